The number of amides is 3. The Hall–Kier alpha value is -2.79. The van der Waals surface area contributed by atoms with E-state index in [0.29, 0.717) is 5.56 Å². The lowest BCUT2D eigenvalue weighted by molar-refractivity contribution is -0.159. The van der Waals surface area contributed by atoms with Gasteiger partial charge in [0.05, 0.1) is 10.8 Å². The summed E-state index contributed by atoms with van der Waals surface area (Å²) in [5.74, 6) is -2.30. The SMILES string of the molecule is CC(=O)c1cccc(S(=O)(=O)N2CCC(C(=O)O[C@H](C)C(=O)NC(N)=O)CC2)c1. The van der Waals surface area contributed by atoms with E-state index in [1.54, 1.807) is 6.07 Å². The second-order valence-electron chi connectivity index (χ2n) is 6.69. The molecule has 1 saturated heterocycles. The summed E-state index contributed by atoms with van der Waals surface area (Å²) in [7, 11) is -3.80. The van der Waals surface area contributed by atoms with Crippen molar-refractivity contribution in [1.29, 1.82) is 0 Å². The molecule has 2 rings (SSSR count). The van der Waals surface area contributed by atoms with Crippen LogP contribution in [-0.2, 0) is 24.3 Å². The smallest absolute Gasteiger partial charge is 0.318 e. The van der Waals surface area contributed by atoms with Crippen molar-refractivity contribution in [2.75, 3.05) is 13.1 Å². The maximum atomic E-state index is 12.8. The number of nitrogens with zero attached hydrogens (tertiary/aromatic N) is 1. The van der Waals surface area contributed by atoms with Crippen molar-refractivity contribution in [3.05, 3.63) is 29.8 Å². The Bertz CT molecular complexity index is 921. The molecule has 11 heteroatoms. The van der Waals surface area contributed by atoms with E-state index in [1.165, 1.54) is 36.4 Å². The van der Waals surface area contributed by atoms with Crippen LogP contribution in [0.4, 0.5) is 4.79 Å². The molecule has 1 aliphatic rings. The Morgan fingerprint density at radius 3 is 2.38 bits per heavy atom. The van der Waals surface area contributed by atoms with Crippen LogP contribution in [0.2, 0.25) is 0 Å². The first kappa shape index (κ1) is 22.5. The van der Waals surface area contributed by atoms with Gasteiger partial charge in [0.2, 0.25) is 10.0 Å². The zero-order valence-electron chi connectivity index (χ0n) is 16.1. The molecule has 158 valence electrons. The van der Waals surface area contributed by atoms with Gasteiger partial charge in [-0.2, -0.15) is 4.31 Å². The van der Waals surface area contributed by atoms with Crippen LogP contribution in [-0.4, -0.2) is 55.6 Å². The largest absolute Gasteiger partial charge is 0.452 e. The van der Waals surface area contributed by atoms with Crippen LogP contribution in [0.15, 0.2) is 29.2 Å². The topological polar surface area (TPSA) is 153 Å². The maximum absolute atomic E-state index is 12.8. The molecule has 1 atom stereocenters. The third-order valence-electron chi connectivity index (χ3n) is 4.57. The van der Waals surface area contributed by atoms with Crippen molar-refractivity contribution >= 4 is 33.7 Å². The van der Waals surface area contributed by atoms with Crippen molar-refractivity contribution < 1.29 is 32.3 Å². The number of primary amides is 1. The van der Waals surface area contributed by atoms with Crippen molar-refractivity contribution in [3.8, 4) is 0 Å². The number of benzene rings is 1. The van der Waals surface area contributed by atoms with E-state index in [4.69, 9.17) is 10.5 Å². The number of carbonyl (C=O) groups excluding carboxylic acids is 4. The van der Waals surface area contributed by atoms with Crippen LogP contribution in [0, 0.1) is 5.92 Å². The molecule has 10 nitrogen and oxygen atoms in total. The number of piperidine rings is 1. The standard InChI is InChI=1S/C18H23N3O7S/c1-11(22)14-4-3-5-15(10-14)29(26,27)21-8-6-13(7-9-21)17(24)28-12(2)16(23)20-18(19)25/h3-5,10,12-13H,6-9H2,1-2H3,(H3,19,20,23,25)/t12-/m1/s1. The second-order valence-corrected chi connectivity index (χ2v) is 8.63. The zero-order valence-corrected chi connectivity index (χ0v) is 16.9. The van der Waals surface area contributed by atoms with Gasteiger partial charge in [0.1, 0.15) is 0 Å². The lowest BCUT2D eigenvalue weighted by Gasteiger charge is -2.30. The van der Waals surface area contributed by atoms with E-state index in [9.17, 15) is 27.6 Å². The normalized spacial score (nSPS) is 16.6. The van der Waals surface area contributed by atoms with Gasteiger partial charge in [-0.15, -0.1) is 0 Å². The number of nitrogens with two attached hydrogens (primary N) is 1. The summed E-state index contributed by atoms with van der Waals surface area (Å²) in [6.07, 6.45) is -0.769. The minimum absolute atomic E-state index is 0.0166. The number of sulfonamides is 1. The molecule has 3 N–H and O–H groups in total. The summed E-state index contributed by atoms with van der Waals surface area (Å²) in [4.78, 5) is 46.0. The summed E-state index contributed by atoms with van der Waals surface area (Å²) >= 11 is 0. The molecule has 0 aliphatic carbocycles. The molecule has 0 radical (unpaired) electrons. The molecule has 3 amide bonds. The van der Waals surface area contributed by atoms with E-state index in [0.717, 1.165) is 0 Å². The van der Waals surface area contributed by atoms with Crippen LogP contribution < -0.4 is 11.1 Å². The fraction of sp³-hybridized carbons (Fsp3) is 0.444. The minimum atomic E-state index is -3.80. The molecule has 1 aromatic carbocycles. The Labute approximate surface area is 168 Å². The van der Waals surface area contributed by atoms with Crippen LogP contribution >= 0.6 is 0 Å². The number of urea groups is 1. The van der Waals surface area contributed by atoms with Gasteiger partial charge in [0.15, 0.2) is 11.9 Å². The molecule has 1 aromatic rings. The van der Waals surface area contributed by atoms with Crippen molar-refractivity contribution in [2.24, 2.45) is 11.7 Å². The van der Waals surface area contributed by atoms with Crippen LogP contribution in [0.25, 0.3) is 0 Å². The molecule has 1 fully saturated rings. The molecule has 0 bridgehead atoms. The van der Waals surface area contributed by atoms with Gasteiger partial charge in [-0.25, -0.2) is 13.2 Å². The summed E-state index contributed by atoms with van der Waals surface area (Å²) in [5, 5.41) is 1.82. The molecule has 1 aliphatic heterocycles. The molecule has 0 saturated carbocycles. The average Bonchev–Trinajstić information content (AvgIpc) is 2.67. The monoisotopic (exact) mass is 425 g/mol. The molecule has 29 heavy (non-hydrogen) atoms. The zero-order chi connectivity index (χ0) is 21.8. The number of Topliss-reactive ketones (excluding diaryl/α,β-unsaturated/α-hetero) is 1. The molecule has 0 unspecified atom stereocenters. The molecule has 0 aromatic heterocycles. The second kappa shape index (κ2) is 9.14. The Kier molecular flexibility index (Phi) is 7.09. The summed E-state index contributed by atoms with van der Waals surface area (Å²) in [6, 6.07) is 4.74. The number of rotatable bonds is 6. The van der Waals surface area contributed by atoms with Gasteiger partial charge >= 0.3 is 12.0 Å². The van der Waals surface area contributed by atoms with Crippen LogP contribution in [0.3, 0.4) is 0 Å². The maximum Gasteiger partial charge on any atom is 0.318 e. The number of ketones is 1. The van der Waals surface area contributed by atoms with Crippen LogP contribution in [0.5, 0.6) is 0 Å². The Balaban J connectivity index is 1.98. The van der Waals surface area contributed by atoms with Crippen molar-refractivity contribution in [2.45, 2.75) is 37.7 Å². The highest BCUT2D eigenvalue weighted by Gasteiger charge is 2.34. The molecular formula is C18H23N3O7S. The number of nitrogens with one attached hydrogen (secondary N) is 1. The highest BCUT2D eigenvalue weighted by molar-refractivity contribution is 7.89. The number of carbonyl (C=O) groups is 4. The molecule has 1 heterocycles. The van der Waals surface area contributed by atoms with Crippen molar-refractivity contribution in [3.63, 3.8) is 0 Å². The molecule has 0 spiro atoms. The predicted octanol–water partition coefficient (Wildman–Crippen LogP) is 0.417. The van der Waals surface area contributed by atoms with Crippen LogP contribution in [0.1, 0.15) is 37.0 Å². The van der Waals surface area contributed by atoms with Gasteiger partial charge in [0, 0.05) is 18.7 Å². The van der Waals surface area contributed by atoms with Gasteiger partial charge in [-0.1, -0.05) is 12.1 Å². The number of esters is 1. The summed E-state index contributed by atoms with van der Waals surface area (Å²) < 4.78 is 31.9. The summed E-state index contributed by atoms with van der Waals surface area (Å²) in [6.45, 7) is 2.84. The van der Waals surface area contributed by atoms with Gasteiger partial charge in [0.25, 0.3) is 5.91 Å². The minimum Gasteiger partial charge on any atom is -0.452 e. The Morgan fingerprint density at radius 2 is 1.83 bits per heavy atom. The first-order valence-corrected chi connectivity index (χ1v) is 10.4. The quantitative estimate of drug-likeness (QED) is 0.494. The van der Waals surface area contributed by atoms with Gasteiger partial charge < -0.3 is 10.5 Å². The Morgan fingerprint density at radius 1 is 1.21 bits per heavy atom. The average molecular weight is 425 g/mol. The van der Waals surface area contributed by atoms with E-state index < -0.39 is 40.0 Å². The number of hydrogen-bond acceptors (Lipinski definition) is 7. The van der Waals surface area contributed by atoms with Gasteiger partial charge in [-0.3, -0.25) is 19.7 Å². The fourth-order valence-electron chi connectivity index (χ4n) is 2.90. The highest BCUT2D eigenvalue weighted by Crippen LogP contribution is 2.25. The van der Waals surface area contributed by atoms with E-state index in [2.05, 4.69) is 0 Å². The van der Waals surface area contributed by atoms with Gasteiger partial charge in [-0.05, 0) is 38.8 Å². The van der Waals surface area contributed by atoms with Crippen molar-refractivity contribution in [1.82, 2.24) is 9.62 Å². The lowest BCUT2D eigenvalue weighted by Crippen LogP contribution is -2.44. The number of ether oxygens (including phenoxy) is 1. The fourth-order valence-corrected chi connectivity index (χ4v) is 4.42. The lowest BCUT2D eigenvalue weighted by atomic mass is 9.98. The van der Waals surface area contributed by atoms with E-state index in [-0.39, 0.29) is 36.6 Å². The third kappa shape index (κ3) is 5.61. The first-order chi connectivity index (χ1) is 13.5. The van der Waals surface area contributed by atoms with E-state index in [1.807, 2.05) is 5.32 Å². The number of hydrogen-bond donors (Lipinski definition) is 2. The third-order valence-corrected chi connectivity index (χ3v) is 6.47. The first-order valence-electron chi connectivity index (χ1n) is 8.94. The predicted molar refractivity (Wildman–Crippen MR) is 101 cm³/mol. The molecular weight excluding hydrogens is 402 g/mol. The highest BCUT2D eigenvalue weighted by atomic mass is 32.2. The van der Waals surface area contributed by atoms with E-state index >= 15 is 0 Å². The number of imide groups is 1. The summed E-state index contributed by atoms with van der Waals surface area (Å²) in [5.41, 5.74) is 5.14.